The van der Waals surface area contributed by atoms with Gasteiger partial charge < -0.3 is 14.9 Å². The summed E-state index contributed by atoms with van der Waals surface area (Å²) in [5, 5.41) is 20.5. The van der Waals surface area contributed by atoms with E-state index in [1.165, 1.54) is 55.6 Å². The number of carboxylic acid groups (broad SMARTS) is 1. The van der Waals surface area contributed by atoms with Crippen LogP contribution in [-0.2, 0) is 9.59 Å². The van der Waals surface area contributed by atoms with Crippen LogP contribution in [0.1, 0.15) is 27.5 Å². The first-order chi connectivity index (χ1) is 15.8. The number of carbonyl (C=O) groups is 3. The Kier molecular flexibility index (Phi) is 5.66. The zero-order valence-electron chi connectivity index (χ0n) is 17.4. The SMILES string of the molecule is COc1ccccc1/C(O)=C1\C(=O)C(=O)N(c2cccc(C(=O)O)c2)C1c1cccc(F)c1. The molecule has 1 atom stereocenters. The van der Waals surface area contributed by atoms with Gasteiger partial charge in [0.1, 0.15) is 17.3 Å². The van der Waals surface area contributed by atoms with Crippen LogP contribution < -0.4 is 9.64 Å². The molecule has 1 heterocycles. The molecule has 1 aliphatic rings. The number of nitrogens with zero attached hydrogens (tertiary/aromatic N) is 1. The molecule has 0 bridgehead atoms. The molecule has 1 amide bonds. The molecule has 1 unspecified atom stereocenters. The van der Waals surface area contributed by atoms with E-state index in [0.717, 1.165) is 11.0 Å². The monoisotopic (exact) mass is 447 g/mol. The summed E-state index contributed by atoms with van der Waals surface area (Å²) in [5.74, 6) is -4.01. The fourth-order valence-corrected chi connectivity index (χ4v) is 3.87. The van der Waals surface area contributed by atoms with Gasteiger partial charge in [0.25, 0.3) is 11.7 Å². The second kappa shape index (κ2) is 8.58. The molecule has 2 N–H and O–H groups in total. The maximum absolute atomic E-state index is 14.1. The third-order valence-corrected chi connectivity index (χ3v) is 5.34. The van der Waals surface area contributed by atoms with E-state index in [0.29, 0.717) is 0 Å². The van der Waals surface area contributed by atoms with Crippen LogP contribution in [0.4, 0.5) is 10.1 Å². The summed E-state index contributed by atoms with van der Waals surface area (Å²) in [7, 11) is 1.40. The smallest absolute Gasteiger partial charge is 0.335 e. The number of halogens is 1. The lowest BCUT2D eigenvalue weighted by Crippen LogP contribution is -2.29. The highest BCUT2D eigenvalue weighted by atomic mass is 19.1. The third kappa shape index (κ3) is 3.82. The molecule has 4 rings (SSSR count). The van der Waals surface area contributed by atoms with E-state index in [9.17, 15) is 29.0 Å². The Morgan fingerprint density at radius 2 is 1.70 bits per heavy atom. The molecule has 0 spiro atoms. The van der Waals surface area contributed by atoms with Crippen molar-refractivity contribution in [1.29, 1.82) is 0 Å². The second-order valence-electron chi connectivity index (χ2n) is 7.28. The molecule has 8 heteroatoms. The number of carboxylic acids is 1. The highest BCUT2D eigenvalue weighted by Gasteiger charge is 2.47. The van der Waals surface area contributed by atoms with Gasteiger partial charge in [-0.3, -0.25) is 14.5 Å². The van der Waals surface area contributed by atoms with Crippen molar-refractivity contribution in [2.45, 2.75) is 6.04 Å². The molecule has 0 aromatic heterocycles. The number of ketones is 1. The number of hydrogen-bond acceptors (Lipinski definition) is 5. The van der Waals surface area contributed by atoms with Crippen molar-refractivity contribution in [2.75, 3.05) is 12.0 Å². The van der Waals surface area contributed by atoms with Crippen molar-refractivity contribution in [3.05, 3.63) is 101 Å². The van der Waals surface area contributed by atoms with E-state index < -0.39 is 35.3 Å². The van der Waals surface area contributed by atoms with Gasteiger partial charge in [0.2, 0.25) is 0 Å². The minimum Gasteiger partial charge on any atom is -0.507 e. The third-order valence-electron chi connectivity index (χ3n) is 5.34. The van der Waals surface area contributed by atoms with Gasteiger partial charge in [-0.1, -0.05) is 30.3 Å². The van der Waals surface area contributed by atoms with E-state index in [-0.39, 0.29) is 33.7 Å². The fourth-order valence-electron chi connectivity index (χ4n) is 3.87. The van der Waals surface area contributed by atoms with Crippen LogP contribution >= 0.6 is 0 Å². The zero-order valence-corrected chi connectivity index (χ0v) is 17.4. The van der Waals surface area contributed by atoms with E-state index in [1.54, 1.807) is 18.2 Å². The summed E-state index contributed by atoms with van der Waals surface area (Å²) in [4.78, 5) is 38.8. The lowest BCUT2D eigenvalue weighted by Gasteiger charge is -2.25. The van der Waals surface area contributed by atoms with Gasteiger partial charge in [0.15, 0.2) is 0 Å². The van der Waals surface area contributed by atoms with Gasteiger partial charge in [-0.2, -0.15) is 0 Å². The number of aliphatic hydroxyl groups is 1. The van der Waals surface area contributed by atoms with Crippen LogP contribution in [-0.4, -0.2) is 35.0 Å². The molecule has 1 fully saturated rings. The van der Waals surface area contributed by atoms with Crippen LogP contribution in [0.3, 0.4) is 0 Å². The van der Waals surface area contributed by atoms with E-state index >= 15 is 0 Å². The first kappa shape index (κ1) is 21.8. The molecule has 7 nitrogen and oxygen atoms in total. The summed E-state index contributed by atoms with van der Waals surface area (Å²) >= 11 is 0. The normalized spacial score (nSPS) is 17.3. The lowest BCUT2D eigenvalue weighted by atomic mass is 9.94. The topological polar surface area (TPSA) is 104 Å². The maximum atomic E-state index is 14.1. The van der Waals surface area contributed by atoms with Crippen LogP contribution in [0, 0.1) is 5.82 Å². The minimum absolute atomic E-state index is 0.0999. The van der Waals surface area contributed by atoms with Crippen molar-refractivity contribution >= 4 is 29.1 Å². The zero-order chi connectivity index (χ0) is 23.7. The second-order valence-corrected chi connectivity index (χ2v) is 7.28. The predicted molar refractivity (Wildman–Crippen MR) is 118 cm³/mol. The molecule has 166 valence electrons. The molecular formula is C25H18FNO6. The standard InChI is InChI=1S/C25H18FNO6/c1-33-19-11-3-2-10-18(19)22(28)20-21(14-6-4-8-16(26)12-14)27(24(30)23(20)29)17-9-5-7-15(13-17)25(31)32/h2-13,21,28H,1H3,(H,31,32)/b22-20+. The highest BCUT2D eigenvalue weighted by molar-refractivity contribution is 6.51. The summed E-state index contributed by atoms with van der Waals surface area (Å²) in [6, 6.07) is 16.0. The quantitative estimate of drug-likeness (QED) is 0.346. The highest BCUT2D eigenvalue weighted by Crippen LogP contribution is 2.43. The molecule has 0 aliphatic carbocycles. The summed E-state index contributed by atoms with van der Waals surface area (Å²) in [5.41, 5.74) is 0.156. The molecule has 1 saturated heterocycles. The number of Topliss-reactive ketones (excluding diaryl/α,β-unsaturated/α-hetero) is 1. The Hall–Kier alpha value is -4.46. The number of anilines is 1. The summed E-state index contributed by atoms with van der Waals surface area (Å²) in [6.07, 6.45) is 0. The largest absolute Gasteiger partial charge is 0.507 e. The molecule has 0 saturated carbocycles. The Bertz CT molecular complexity index is 1320. The first-order valence-electron chi connectivity index (χ1n) is 9.86. The van der Waals surface area contributed by atoms with Crippen LogP contribution in [0.5, 0.6) is 5.75 Å². The van der Waals surface area contributed by atoms with Crippen LogP contribution in [0.25, 0.3) is 5.76 Å². The van der Waals surface area contributed by atoms with E-state index in [1.807, 2.05) is 0 Å². The van der Waals surface area contributed by atoms with Crippen molar-refractivity contribution in [1.82, 2.24) is 0 Å². The Labute approximate surface area is 188 Å². The number of hydrogen-bond donors (Lipinski definition) is 2. The van der Waals surface area contributed by atoms with E-state index in [4.69, 9.17) is 4.74 Å². The first-order valence-corrected chi connectivity index (χ1v) is 9.86. The van der Waals surface area contributed by atoms with Crippen molar-refractivity contribution in [2.24, 2.45) is 0 Å². The van der Waals surface area contributed by atoms with E-state index in [2.05, 4.69) is 0 Å². The fraction of sp³-hybridized carbons (Fsp3) is 0.0800. The van der Waals surface area contributed by atoms with Crippen molar-refractivity contribution < 1.29 is 33.7 Å². The molecule has 3 aromatic rings. The van der Waals surface area contributed by atoms with Gasteiger partial charge in [-0.25, -0.2) is 9.18 Å². The number of methoxy groups -OCH3 is 1. The number of aromatic carboxylic acids is 1. The lowest BCUT2D eigenvalue weighted by molar-refractivity contribution is -0.132. The average Bonchev–Trinajstić information content (AvgIpc) is 3.09. The predicted octanol–water partition coefficient (Wildman–Crippen LogP) is 4.16. The molecule has 1 aliphatic heterocycles. The van der Waals surface area contributed by atoms with Gasteiger partial charge in [0.05, 0.1) is 29.9 Å². The summed E-state index contributed by atoms with van der Waals surface area (Å²) < 4.78 is 19.4. The Morgan fingerprint density at radius 3 is 2.39 bits per heavy atom. The number of benzene rings is 3. The molecule has 0 radical (unpaired) electrons. The molecule has 3 aromatic carbocycles. The average molecular weight is 447 g/mol. The van der Waals surface area contributed by atoms with Crippen LogP contribution in [0.2, 0.25) is 0 Å². The molecular weight excluding hydrogens is 429 g/mol. The number of ether oxygens (including phenoxy) is 1. The maximum Gasteiger partial charge on any atom is 0.335 e. The number of amides is 1. The molecule has 33 heavy (non-hydrogen) atoms. The van der Waals surface area contributed by atoms with Gasteiger partial charge >= 0.3 is 5.97 Å². The Balaban J connectivity index is 1.99. The number of carbonyl (C=O) groups excluding carboxylic acids is 2. The summed E-state index contributed by atoms with van der Waals surface area (Å²) in [6.45, 7) is 0. The number of aliphatic hydroxyl groups excluding tert-OH is 1. The Morgan fingerprint density at radius 1 is 0.970 bits per heavy atom. The van der Waals surface area contributed by atoms with Crippen molar-refractivity contribution in [3.63, 3.8) is 0 Å². The van der Waals surface area contributed by atoms with Crippen LogP contribution in [0.15, 0.2) is 78.4 Å². The minimum atomic E-state index is -1.22. The number of para-hydroxylation sites is 1. The number of rotatable bonds is 5. The van der Waals surface area contributed by atoms with Crippen molar-refractivity contribution in [3.8, 4) is 5.75 Å². The van der Waals surface area contributed by atoms with Gasteiger partial charge in [-0.15, -0.1) is 0 Å². The van der Waals surface area contributed by atoms with Gasteiger partial charge in [0, 0.05) is 5.69 Å². The van der Waals surface area contributed by atoms with Gasteiger partial charge in [-0.05, 0) is 48.0 Å².